The molecule has 0 saturated heterocycles. The van der Waals surface area contributed by atoms with E-state index in [0.29, 0.717) is 0 Å². The predicted molar refractivity (Wildman–Crippen MR) is 84.3 cm³/mol. The third kappa shape index (κ3) is 2.81. The van der Waals surface area contributed by atoms with E-state index >= 15 is 0 Å². The SMILES string of the molecule is CC[Si](CC)(CC)Oc1cc(C)nc2ccccc12. The first-order chi connectivity index (χ1) is 9.14. The minimum Gasteiger partial charge on any atom is -0.543 e. The Labute approximate surface area is 117 Å². The van der Waals surface area contributed by atoms with Crippen molar-refractivity contribution in [3.8, 4) is 5.75 Å². The number of hydrogen-bond donors (Lipinski definition) is 0. The third-order valence-electron chi connectivity index (χ3n) is 4.07. The zero-order valence-corrected chi connectivity index (χ0v) is 13.4. The van der Waals surface area contributed by atoms with Crippen LogP contribution in [0.4, 0.5) is 0 Å². The number of aromatic nitrogens is 1. The number of aryl methyl sites for hydroxylation is 1. The Morgan fingerprint density at radius 2 is 1.68 bits per heavy atom. The first-order valence-electron chi connectivity index (χ1n) is 7.19. The average molecular weight is 273 g/mol. The van der Waals surface area contributed by atoms with Gasteiger partial charge < -0.3 is 4.43 Å². The maximum absolute atomic E-state index is 6.54. The number of fused-ring (bicyclic) bond motifs is 1. The van der Waals surface area contributed by atoms with Crippen LogP contribution in [0.3, 0.4) is 0 Å². The molecule has 0 N–H and O–H groups in total. The topological polar surface area (TPSA) is 22.1 Å². The van der Waals surface area contributed by atoms with Gasteiger partial charge in [-0.3, -0.25) is 4.98 Å². The summed E-state index contributed by atoms with van der Waals surface area (Å²) in [6.45, 7) is 8.81. The van der Waals surface area contributed by atoms with E-state index in [9.17, 15) is 0 Å². The Bertz CT molecular complexity index is 555. The minimum absolute atomic E-state index is 1.03. The van der Waals surface area contributed by atoms with Crippen LogP contribution >= 0.6 is 0 Å². The number of benzene rings is 1. The van der Waals surface area contributed by atoms with E-state index in [1.165, 1.54) is 0 Å². The van der Waals surface area contributed by atoms with Gasteiger partial charge in [-0.1, -0.05) is 32.9 Å². The van der Waals surface area contributed by atoms with Crippen molar-refractivity contribution in [1.82, 2.24) is 4.98 Å². The molecular weight excluding hydrogens is 250 g/mol. The second kappa shape index (κ2) is 5.74. The van der Waals surface area contributed by atoms with Gasteiger partial charge in [-0.15, -0.1) is 0 Å². The molecule has 19 heavy (non-hydrogen) atoms. The van der Waals surface area contributed by atoms with Gasteiger partial charge in [-0.25, -0.2) is 0 Å². The van der Waals surface area contributed by atoms with Crippen LogP contribution in [0.2, 0.25) is 18.1 Å². The molecular formula is C16H23NOSi. The zero-order chi connectivity index (χ0) is 13.9. The van der Waals surface area contributed by atoms with Crippen molar-refractivity contribution in [2.24, 2.45) is 0 Å². The molecule has 0 fully saturated rings. The highest BCUT2D eigenvalue weighted by atomic mass is 28.4. The molecule has 2 nitrogen and oxygen atoms in total. The summed E-state index contributed by atoms with van der Waals surface area (Å²) >= 11 is 0. The summed E-state index contributed by atoms with van der Waals surface area (Å²) in [7, 11) is -1.63. The number of nitrogens with zero attached hydrogens (tertiary/aromatic N) is 1. The molecule has 102 valence electrons. The molecule has 2 aromatic rings. The molecule has 2 rings (SSSR count). The Kier molecular flexibility index (Phi) is 4.25. The largest absolute Gasteiger partial charge is 0.543 e. The summed E-state index contributed by atoms with van der Waals surface area (Å²) in [5.74, 6) is 1.03. The number of rotatable bonds is 5. The second-order valence-corrected chi connectivity index (χ2v) is 9.82. The average Bonchev–Trinajstić information content (AvgIpc) is 2.44. The van der Waals surface area contributed by atoms with Gasteiger partial charge in [-0.2, -0.15) is 0 Å². The van der Waals surface area contributed by atoms with Gasteiger partial charge in [0.25, 0.3) is 8.32 Å². The second-order valence-electron chi connectivity index (χ2n) is 5.12. The Morgan fingerprint density at radius 1 is 1.05 bits per heavy atom. The molecule has 0 amide bonds. The van der Waals surface area contributed by atoms with Gasteiger partial charge in [0.15, 0.2) is 0 Å². The number of para-hydroxylation sites is 1. The Hall–Kier alpha value is -1.35. The summed E-state index contributed by atoms with van der Waals surface area (Å²) in [5.41, 5.74) is 2.06. The Balaban J connectivity index is 2.50. The van der Waals surface area contributed by atoms with E-state index in [1.807, 2.05) is 13.0 Å². The standard InChI is InChI=1S/C16H23NOSi/c1-5-19(6-2,7-3)18-16-12-13(4)17-15-11-9-8-10-14(15)16/h8-12H,5-7H2,1-4H3. The fourth-order valence-corrected chi connectivity index (χ4v) is 5.12. The maximum Gasteiger partial charge on any atom is 0.250 e. The molecule has 0 radical (unpaired) electrons. The van der Waals surface area contributed by atoms with E-state index in [-0.39, 0.29) is 0 Å². The quantitative estimate of drug-likeness (QED) is 0.721. The van der Waals surface area contributed by atoms with Crippen LogP contribution < -0.4 is 4.43 Å². The van der Waals surface area contributed by atoms with Crippen LogP contribution in [0.5, 0.6) is 5.75 Å². The Morgan fingerprint density at radius 3 is 2.32 bits per heavy atom. The van der Waals surface area contributed by atoms with Crippen molar-refractivity contribution in [2.75, 3.05) is 0 Å². The predicted octanol–water partition coefficient (Wildman–Crippen LogP) is 4.93. The van der Waals surface area contributed by atoms with E-state index in [2.05, 4.69) is 50.0 Å². The first-order valence-corrected chi connectivity index (χ1v) is 9.72. The van der Waals surface area contributed by atoms with Crippen molar-refractivity contribution < 1.29 is 4.43 Å². The molecule has 0 aliphatic carbocycles. The number of pyridine rings is 1. The van der Waals surface area contributed by atoms with Crippen LogP contribution in [0.15, 0.2) is 30.3 Å². The maximum atomic E-state index is 6.54. The van der Waals surface area contributed by atoms with Gasteiger partial charge in [0.05, 0.1) is 5.52 Å². The molecule has 3 heteroatoms. The van der Waals surface area contributed by atoms with Crippen molar-refractivity contribution in [2.45, 2.75) is 45.8 Å². The van der Waals surface area contributed by atoms with Crippen LogP contribution in [-0.4, -0.2) is 13.3 Å². The van der Waals surface area contributed by atoms with Crippen LogP contribution in [-0.2, 0) is 0 Å². The van der Waals surface area contributed by atoms with Gasteiger partial charge in [0.2, 0.25) is 0 Å². The van der Waals surface area contributed by atoms with Gasteiger partial charge in [0, 0.05) is 17.1 Å². The molecule has 0 unspecified atom stereocenters. The highest BCUT2D eigenvalue weighted by Crippen LogP contribution is 2.31. The molecule has 1 heterocycles. The van der Waals surface area contributed by atoms with Gasteiger partial charge in [0.1, 0.15) is 5.75 Å². The summed E-state index contributed by atoms with van der Waals surface area (Å²) in [6, 6.07) is 13.8. The fourth-order valence-electron chi connectivity index (χ4n) is 2.55. The summed E-state index contributed by atoms with van der Waals surface area (Å²) in [5, 5.41) is 1.14. The van der Waals surface area contributed by atoms with E-state index < -0.39 is 8.32 Å². The lowest BCUT2D eigenvalue weighted by Gasteiger charge is -2.29. The number of hydrogen-bond acceptors (Lipinski definition) is 2. The summed E-state index contributed by atoms with van der Waals surface area (Å²) < 4.78 is 6.54. The zero-order valence-electron chi connectivity index (χ0n) is 12.4. The highest BCUT2D eigenvalue weighted by molar-refractivity contribution is 6.74. The molecule has 0 spiro atoms. The fraction of sp³-hybridized carbons (Fsp3) is 0.438. The van der Waals surface area contributed by atoms with E-state index in [4.69, 9.17) is 4.43 Å². The molecule has 0 saturated carbocycles. The summed E-state index contributed by atoms with van der Waals surface area (Å²) in [6.07, 6.45) is 0. The van der Waals surface area contributed by atoms with E-state index in [1.54, 1.807) is 0 Å². The summed E-state index contributed by atoms with van der Waals surface area (Å²) in [4.78, 5) is 4.58. The molecule has 0 atom stereocenters. The minimum atomic E-state index is -1.63. The first kappa shape index (κ1) is 14.1. The molecule has 0 bridgehead atoms. The van der Waals surface area contributed by atoms with Gasteiger partial charge in [-0.05, 0) is 37.2 Å². The van der Waals surface area contributed by atoms with Gasteiger partial charge >= 0.3 is 0 Å². The third-order valence-corrected chi connectivity index (χ3v) is 8.58. The van der Waals surface area contributed by atoms with Crippen molar-refractivity contribution in [1.29, 1.82) is 0 Å². The van der Waals surface area contributed by atoms with Crippen LogP contribution in [0, 0.1) is 6.92 Å². The van der Waals surface area contributed by atoms with Crippen molar-refractivity contribution >= 4 is 19.2 Å². The molecule has 0 aliphatic rings. The smallest absolute Gasteiger partial charge is 0.250 e. The van der Waals surface area contributed by atoms with Crippen LogP contribution in [0.25, 0.3) is 10.9 Å². The van der Waals surface area contributed by atoms with Crippen molar-refractivity contribution in [3.63, 3.8) is 0 Å². The normalized spacial score (nSPS) is 11.8. The lowest BCUT2D eigenvalue weighted by atomic mass is 10.2. The molecule has 1 aromatic heterocycles. The van der Waals surface area contributed by atoms with Crippen LogP contribution in [0.1, 0.15) is 26.5 Å². The molecule has 0 aliphatic heterocycles. The van der Waals surface area contributed by atoms with Crippen molar-refractivity contribution in [3.05, 3.63) is 36.0 Å². The lowest BCUT2D eigenvalue weighted by molar-refractivity contribution is 0.537. The highest BCUT2D eigenvalue weighted by Gasteiger charge is 2.31. The monoisotopic (exact) mass is 273 g/mol. The van der Waals surface area contributed by atoms with E-state index in [0.717, 1.165) is 40.5 Å². The molecule has 1 aromatic carbocycles. The lowest BCUT2D eigenvalue weighted by Crippen LogP contribution is -2.39.